The van der Waals surface area contributed by atoms with Gasteiger partial charge in [-0.05, 0) is 24.6 Å². The molecule has 1 rings (SSSR count). The molecule has 1 aromatic carbocycles. The van der Waals surface area contributed by atoms with Gasteiger partial charge in [0.1, 0.15) is 12.4 Å². The Bertz CT molecular complexity index is 382. The monoisotopic (exact) mass is 269 g/mol. The third-order valence-corrected chi connectivity index (χ3v) is 2.50. The largest absolute Gasteiger partial charge is 0.492 e. The minimum absolute atomic E-state index is 0.471. The lowest BCUT2D eigenvalue weighted by molar-refractivity contribution is 0.322. The van der Waals surface area contributed by atoms with Crippen LogP contribution < -0.4 is 15.8 Å². The number of unbranched alkanes of at least 4 members (excludes halogenated alkanes) is 1. The number of aliphatic imine (C=N–C) groups is 1. The Hall–Kier alpha value is -1.42. The van der Waals surface area contributed by atoms with Crippen LogP contribution in [0.4, 0.5) is 0 Å². The zero-order chi connectivity index (χ0) is 13.2. The smallest absolute Gasteiger partial charge is 0.188 e. The number of halogens is 1. The van der Waals surface area contributed by atoms with Gasteiger partial charge in [-0.1, -0.05) is 31.0 Å². The average molecular weight is 270 g/mol. The molecule has 0 spiro atoms. The van der Waals surface area contributed by atoms with E-state index in [1.807, 2.05) is 18.2 Å². The first-order valence-electron chi connectivity index (χ1n) is 6.14. The summed E-state index contributed by atoms with van der Waals surface area (Å²) in [5, 5.41) is 3.66. The van der Waals surface area contributed by atoms with Crippen LogP contribution in [-0.2, 0) is 0 Å². The van der Waals surface area contributed by atoms with Gasteiger partial charge >= 0.3 is 0 Å². The quantitative estimate of drug-likeness (QED) is 0.454. The van der Waals surface area contributed by atoms with Gasteiger partial charge in [0.15, 0.2) is 5.96 Å². The molecular formula is C13H20ClN3O. The predicted molar refractivity (Wildman–Crippen MR) is 76.3 cm³/mol. The molecule has 100 valence electrons. The number of rotatable bonds is 7. The molecule has 0 aliphatic carbocycles. The molecule has 0 radical (unpaired) electrons. The van der Waals surface area contributed by atoms with Crippen molar-refractivity contribution in [3.63, 3.8) is 0 Å². The summed E-state index contributed by atoms with van der Waals surface area (Å²) >= 11 is 5.84. The highest BCUT2D eigenvalue weighted by Crippen LogP contribution is 2.16. The molecule has 0 amide bonds. The molecule has 0 aliphatic rings. The second-order valence-electron chi connectivity index (χ2n) is 3.85. The summed E-state index contributed by atoms with van der Waals surface area (Å²) < 4.78 is 5.51. The molecule has 0 bridgehead atoms. The Kier molecular flexibility index (Phi) is 7.03. The van der Waals surface area contributed by atoms with Gasteiger partial charge in [-0.25, -0.2) is 0 Å². The molecule has 0 saturated heterocycles. The van der Waals surface area contributed by atoms with E-state index in [0.29, 0.717) is 24.1 Å². The fraction of sp³-hybridized carbons (Fsp3) is 0.462. The first kappa shape index (κ1) is 14.6. The number of hydrogen-bond donors (Lipinski definition) is 2. The number of hydrogen-bond acceptors (Lipinski definition) is 2. The Morgan fingerprint density at radius 2 is 2.33 bits per heavy atom. The molecule has 5 heteroatoms. The summed E-state index contributed by atoms with van der Waals surface area (Å²) in [7, 11) is 0. The number of nitrogens with two attached hydrogens (primary N) is 1. The van der Waals surface area contributed by atoms with Crippen molar-refractivity contribution >= 4 is 17.6 Å². The van der Waals surface area contributed by atoms with Crippen LogP contribution >= 0.6 is 11.6 Å². The van der Waals surface area contributed by atoms with Crippen LogP contribution in [0.2, 0.25) is 5.02 Å². The topological polar surface area (TPSA) is 59.6 Å². The van der Waals surface area contributed by atoms with Gasteiger partial charge in [-0.2, -0.15) is 0 Å². The normalized spacial score (nSPS) is 11.3. The minimum atomic E-state index is 0.471. The van der Waals surface area contributed by atoms with E-state index in [9.17, 15) is 0 Å². The van der Waals surface area contributed by atoms with Crippen molar-refractivity contribution in [2.24, 2.45) is 10.7 Å². The van der Waals surface area contributed by atoms with Gasteiger partial charge in [0.25, 0.3) is 0 Å². The zero-order valence-corrected chi connectivity index (χ0v) is 11.4. The second-order valence-corrected chi connectivity index (χ2v) is 4.29. The van der Waals surface area contributed by atoms with Crippen molar-refractivity contribution in [1.82, 2.24) is 5.32 Å². The lowest BCUT2D eigenvalue weighted by Crippen LogP contribution is -2.34. The van der Waals surface area contributed by atoms with E-state index in [0.717, 1.165) is 25.1 Å². The maximum Gasteiger partial charge on any atom is 0.188 e. The van der Waals surface area contributed by atoms with E-state index in [1.54, 1.807) is 6.07 Å². The minimum Gasteiger partial charge on any atom is -0.492 e. The van der Waals surface area contributed by atoms with Crippen LogP contribution in [0.15, 0.2) is 29.3 Å². The second kappa shape index (κ2) is 8.64. The van der Waals surface area contributed by atoms with E-state index in [1.165, 1.54) is 0 Å². The summed E-state index contributed by atoms with van der Waals surface area (Å²) in [6.45, 7) is 4.03. The Labute approximate surface area is 113 Å². The van der Waals surface area contributed by atoms with Gasteiger partial charge in [-0.3, -0.25) is 4.99 Å². The number of nitrogens with zero attached hydrogens (tertiary/aromatic N) is 1. The zero-order valence-electron chi connectivity index (χ0n) is 10.7. The van der Waals surface area contributed by atoms with Crippen LogP contribution in [0, 0.1) is 0 Å². The number of nitrogens with one attached hydrogen (secondary N) is 1. The SMILES string of the molecule is CCCCN=C(N)NCCOc1cccc(Cl)c1. The molecule has 0 unspecified atom stereocenters. The van der Waals surface area contributed by atoms with Gasteiger partial charge in [0.2, 0.25) is 0 Å². The standard InChI is InChI=1S/C13H20ClN3O/c1-2-3-7-16-13(15)17-8-9-18-12-6-4-5-11(14)10-12/h4-6,10H,2-3,7-9H2,1H3,(H3,15,16,17). The van der Waals surface area contributed by atoms with Crippen LogP contribution in [-0.4, -0.2) is 25.7 Å². The van der Waals surface area contributed by atoms with E-state index in [4.69, 9.17) is 22.1 Å². The summed E-state index contributed by atoms with van der Waals surface area (Å²) in [5.41, 5.74) is 5.68. The first-order chi connectivity index (χ1) is 8.72. The highest BCUT2D eigenvalue weighted by Gasteiger charge is 1.95. The van der Waals surface area contributed by atoms with Crippen molar-refractivity contribution in [2.45, 2.75) is 19.8 Å². The molecule has 0 aliphatic heterocycles. The third kappa shape index (κ3) is 6.35. The maximum atomic E-state index is 5.84. The molecule has 0 aromatic heterocycles. The number of benzene rings is 1. The predicted octanol–water partition coefficient (Wildman–Crippen LogP) is 2.42. The van der Waals surface area contributed by atoms with Crippen molar-refractivity contribution < 1.29 is 4.74 Å². The highest BCUT2D eigenvalue weighted by molar-refractivity contribution is 6.30. The summed E-state index contributed by atoms with van der Waals surface area (Å²) in [6.07, 6.45) is 2.18. The average Bonchev–Trinajstić information content (AvgIpc) is 2.35. The van der Waals surface area contributed by atoms with Crippen molar-refractivity contribution in [3.05, 3.63) is 29.3 Å². The number of ether oxygens (including phenoxy) is 1. The number of guanidine groups is 1. The fourth-order valence-corrected chi connectivity index (χ4v) is 1.50. The van der Waals surface area contributed by atoms with E-state index < -0.39 is 0 Å². The van der Waals surface area contributed by atoms with Gasteiger partial charge < -0.3 is 15.8 Å². The van der Waals surface area contributed by atoms with Gasteiger partial charge in [0.05, 0.1) is 6.54 Å². The highest BCUT2D eigenvalue weighted by atomic mass is 35.5. The van der Waals surface area contributed by atoms with E-state index >= 15 is 0 Å². The molecule has 0 heterocycles. The Morgan fingerprint density at radius 3 is 3.06 bits per heavy atom. The van der Waals surface area contributed by atoms with Crippen LogP contribution in [0.25, 0.3) is 0 Å². The van der Waals surface area contributed by atoms with Crippen LogP contribution in [0.5, 0.6) is 5.75 Å². The summed E-state index contributed by atoms with van der Waals surface area (Å²) in [6, 6.07) is 7.31. The van der Waals surface area contributed by atoms with Crippen molar-refractivity contribution in [3.8, 4) is 5.75 Å². The summed E-state index contributed by atoms with van der Waals surface area (Å²) in [5.74, 6) is 1.23. The fourth-order valence-electron chi connectivity index (χ4n) is 1.32. The molecule has 1 aromatic rings. The molecular weight excluding hydrogens is 250 g/mol. The molecule has 18 heavy (non-hydrogen) atoms. The lowest BCUT2D eigenvalue weighted by Gasteiger charge is -2.08. The van der Waals surface area contributed by atoms with Crippen LogP contribution in [0.3, 0.4) is 0 Å². The molecule has 0 atom stereocenters. The molecule has 4 nitrogen and oxygen atoms in total. The Balaban J connectivity index is 2.16. The first-order valence-corrected chi connectivity index (χ1v) is 6.52. The maximum absolute atomic E-state index is 5.84. The molecule has 0 saturated carbocycles. The van der Waals surface area contributed by atoms with Gasteiger partial charge in [0, 0.05) is 11.6 Å². The summed E-state index contributed by atoms with van der Waals surface area (Å²) in [4.78, 5) is 4.18. The third-order valence-electron chi connectivity index (χ3n) is 2.27. The van der Waals surface area contributed by atoms with E-state index in [-0.39, 0.29) is 0 Å². The lowest BCUT2D eigenvalue weighted by atomic mass is 10.3. The van der Waals surface area contributed by atoms with E-state index in [2.05, 4.69) is 17.2 Å². The van der Waals surface area contributed by atoms with Crippen molar-refractivity contribution in [1.29, 1.82) is 0 Å². The van der Waals surface area contributed by atoms with Gasteiger partial charge in [-0.15, -0.1) is 0 Å². The van der Waals surface area contributed by atoms with Crippen LogP contribution in [0.1, 0.15) is 19.8 Å². The molecule has 3 N–H and O–H groups in total. The van der Waals surface area contributed by atoms with Crippen molar-refractivity contribution in [2.75, 3.05) is 19.7 Å². The Morgan fingerprint density at radius 1 is 1.50 bits per heavy atom. The molecule has 0 fully saturated rings.